The van der Waals surface area contributed by atoms with Gasteiger partial charge in [0.05, 0.1) is 6.61 Å². The van der Waals surface area contributed by atoms with Gasteiger partial charge in [0.25, 0.3) is 5.91 Å². The van der Waals surface area contributed by atoms with E-state index in [9.17, 15) is 4.79 Å². The number of ether oxygens (including phenoxy) is 2. The molecule has 1 aromatic carbocycles. The maximum atomic E-state index is 12.7. The predicted molar refractivity (Wildman–Crippen MR) is 104 cm³/mol. The Morgan fingerprint density at radius 1 is 1.08 bits per heavy atom. The summed E-state index contributed by atoms with van der Waals surface area (Å²) < 4.78 is 11.4. The minimum absolute atomic E-state index is 0.0287. The molecule has 5 nitrogen and oxygen atoms in total. The Labute approximate surface area is 157 Å². The number of benzene rings is 1. The second-order valence-corrected chi connectivity index (χ2v) is 7.49. The third kappa shape index (κ3) is 4.98. The topological polar surface area (TPSA) is 50.8 Å². The number of carbonyl (C=O) groups excluding carboxylic acids is 1. The maximum Gasteiger partial charge on any atom is 0.256 e. The van der Waals surface area contributed by atoms with Gasteiger partial charge in [0.2, 0.25) is 0 Å². The Morgan fingerprint density at radius 3 is 2.42 bits per heavy atom. The average molecular weight is 360 g/mol. The number of anilines is 1. The van der Waals surface area contributed by atoms with E-state index in [1.54, 1.807) is 7.11 Å². The molecular formula is C21H32N2O3. The summed E-state index contributed by atoms with van der Waals surface area (Å²) in [6.45, 7) is 4.32. The number of rotatable bonds is 8. The van der Waals surface area contributed by atoms with Crippen LogP contribution in [0.5, 0.6) is 5.75 Å². The van der Waals surface area contributed by atoms with E-state index in [2.05, 4.69) is 10.2 Å². The van der Waals surface area contributed by atoms with Crippen molar-refractivity contribution < 1.29 is 14.3 Å². The van der Waals surface area contributed by atoms with Crippen molar-refractivity contribution in [1.82, 2.24) is 4.90 Å². The van der Waals surface area contributed by atoms with E-state index in [-0.39, 0.29) is 5.91 Å². The summed E-state index contributed by atoms with van der Waals surface area (Å²) in [5, 5.41) is 3.01. The highest BCUT2D eigenvalue weighted by atomic mass is 16.5. The molecule has 1 aromatic rings. The molecule has 0 aromatic heterocycles. The average Bonchev–Trinajstić information content (AvgIpc) is 3.20. The van der Waals surface area contributed by atoms with E-state index in [1.165, 1.54) is 32.4 Å². The summed E-state index contributed by atoms with van der Waals surface area (Å²) in [5.74, 6) is 0.822. The minimum Gasteiger partial charge on any atom is -0.494 e. The van der Waals surface area contributed by atoms with Gasteiger partial charge in [-0.1, -0.05) is 19.3 Å². The minimum atomic E-state index is -0.664. The number of methoxy groups -OCH3 is 1. The van der Waals surface area contributed by atoms with Gasteiger partial charge in [-0.25, -0.2) is 0 Å². The largest absolute Gasteiger partial charge is 0.494 e. The first-order valence-corrected chi connectivity index (χ1v) is 10.0. The zero-order valence-corrected chi connectivity index (χ0v) is 16.0. The lowest BCUT2D eigenvalue weighted by molar-refractivity contribution is -0.141. The fraction of sp³-hybridized carbons (Fsp3) is 0.667. The summed E-state index contributed by atoms with van der Waals surface area (Å²) in [6, 6.07) is 7.65. The zero-order valence-electron chi connectivity index (χ0n) is 16.0. The lowest BCUT2D eigenvalue weighted by Crippen LogP contribution is -2.46. The van der Waals surface area contributed by atoms with Gasteiger partial charge >= 0.3 is 0 Å². The van der Waals surface area contributed by atoms with Gasteiger partial charge in [0, 0.05) is 19.3 Å². The number of nitrogens with zero attached hydrogens (tertiary/aromatic N) is 1. The van der Waals surface area contributed by atoms with Crippen LogP contribution >= 0.6 is 0 Å². The van der Waals surface area contributed by atoms with Gasteiger partial charge in [-0.3, -0.25) is 4.79 Å². The summed E-state index contributed by atoms with van der Waals surface area (Å²) in [4.78, 5) is 15.2. The van der Waals surface area contributed by atoms with Crippen molar-refractivity contribution in [2.24, 2.45) is 0 Å². The summed E-state index contributed by atoms with van der Waals surface area (Å²) >= 11 is 0. The van der Waals surface area contributed by atoms with Crippen LogP contribution in [0, 0.1) is 0 Å². The molecule has 3 rings (SSSR count). The van der Waals surface area contributed by atoms with Crippen LogP contribution in [0.4, 0.5) is 5.69 Å². The van der Waals surface area contributed by atoms with Crippen molar-refractivity contribution in [3.63, 3.8) is 0 Å². The fourth-order valence-electron chi connectivity index (χ4n) is 4.01. The Bertz CT molecular complexity index is 561. The normalized spacial score (nSPS) is 20.0. The van der Waals surface area contributed by atoms with Crippen LogP contribution in [0.15, 0.2) is 24.3 Å². The molecule has 0 bridgehead atoms. The fourth-order valence-corrected chi connectivity index (χ4v) is 4.01. The molecule has 26 heavy (non-hydrogen) atoms. The molecule has 5 heteroatoms. The van der Waals surface area contributed by atoms with Crippen LogP contribution in [-0.2, 0) is 9.53 Å². The first-order valence-electron chi connectivity index (χ1n) is 10.0. The lowest BCUT2D eigenvalue weighted by Gasteiger charge is -2.34. The highest BCUT2D eigenvalue weighted by Crippen LogP contribution is 2.32. The number of likely N-dealkylation sites (tertiary alicyclic amines) is 1. The van der Waals surface area contributed by atoms with Crippen molar-refractivity contribution in [3.05, 3.63) is 24.3 Å². The van der Waals surface area contributed by atoms with E-state index >= 15 is 0 Å². The summed E-state index contributed by atoms with van der Waals surface area (Å²) in [5.41, 5.74) is 0.129. The highest BCUT2D eigenvalue weighted by molar-refractivity contribution is 5.97. The van der Waals surface area contributed by atoms with Crippen LogP contribution < -0.4 is 10.1 Å². The Morgan fingerprint density at radius 2 is 1.77 bits per heavy atom. The Kier molecular flexibility index (Phi) is 6.92. The van der Waals surface area contributed by atoms with Gasteiger partial charge < -0.3 is 19.7 Å². The van der Waals surface area contributed by atoms with Crippen LogP contribution in [0.25, 0.3) is 0 Å². The first-order chi connectivity index (χ1) is 12.7. The van der Waals surface area contributed by atoms with Crippen molar-refractivity contribution in [3.8, 4) is 5.75 Å². The van der Waals surface area contributed by atoms with Crippen LogP contribution in [0.1, 0.15) is 51.4 Å². The van der Waals surface area contributed by atoms with E-state index in [1.807, 2.05) is 24.3 Å². The van der Waals surface area contributed by atoms with Gasteiger partial charge in [-0.2, -0.15) is 0 Å². The molecule has 0 unspecified atom stereocenters. The Balaban J connectivity index is 1.44. The summed E-state index contributed by atoms with van der Waals surface area (Å²) in [6.07, 6.45) is 8.59. The van der Waals surface area contributed by atoms with E-state index in [0.717, 1.165) is 56.7 Å². The van der Waals surface area contributed by atoms with Gasteiger partial charge in [0.15, 0.2) is 0 Å². The van der Waals surface area contributed by atoms with E-state index in [4.69, 9.17) is 9.47 Å². The molecule has 1 aliphatic carbocycles. The predicted octanol–water partition coefficient (Wildman–Crippen LogP) is 3.84. The SMILES string of the molecule is COC1(C(=O)Nc2ccc(OCCCN3CCCC3)cc2)CCCCC1. The molecule has 1 saturated carbocycles. The molecule has 0 spiro atoms. The number of amides is 1. The quantitative estimate of drug-likeness (QED) is 0.716. The number of nitrogens with one attached hydrogen (secondary N) is 1. The molecule has 144 valence electrons. The molecule has 1 saturated heterocycles. The standard InChI is InChI=1S/C21H32N2O3/c1-25-21(12-3-2-4-13-21)20(24)22-18-8-10-19(11-9-18)26-17-7-16-23-14-5-6-15-23/h8-11H,2-7,12-17H2,1H3,(H,22,24). The van der Waals surface area contributed by atoms with Crippen LogP contribution in [0.3, 0.4) is 0 Å². The molecule has 0 atom stereocenters. The van der Waals surface area contributed by atoms with Crippen LogP contribution in [-0.4, -0.2) is 49.8 Å². The van der Waals surface area contributed by atoms with Crippen LogP contribution in [0.2, 0.25) is 0 Å². The van der Waals surface area contributed by atoms with Crippen molar-refractivity contribution in [1.29, 1.82) is 0 Å². The van der Waals surface area contributed by atoms with Crippen molar-refractivity contribution in [2.75, 3.05) is 38.7 Å². The van der Waals surface area contributed by atoms with E-state index < -0.39 is 5.60 Å². The monoisotopic (exact) mass is 360 g/mol. The molecule has 1 N–H and O–H groups in total. The van der Waals surface area contributed by atoms with Crippen molar-refractivity contribution in [2.45, 2.75) is 57.0 Å². The second kappa shape index (κ2) is 9.38. The second-order valence-electron chi connectivity index (χ2n) is 7.49. The van der Waals surface area contributed by atoms with Gasteiger partial charge in [0.1, 0.15) is 11.4 Å². The molecule has 1 aliphatic heterocycles. The molecule has 1 amide bonds. The molecule has 2 fully saturated rings. The zero-order chi connectivity index (χ0) is 18.2. The molecule has 0 radical (unpaired) electrons. The third-order valence-electron chi connectivity index (χ3n) is 5.66. The third-order valence-corrected chi connectivity index (χ3v) is 5.66. The molecule has 2 aliphatic rings. The highest BCUT2D eigenvalue weighted by Gasteiger charge is 2.39. The molecule has 1 heterocycles. The summed E-state index contributed by atoms with van der Waals surface area (Å²) in [7, 11) is 1.64. The van der Waals surface area contributed by atoms with Gasteiger partial charge in [-0.15, -0.1) is 0 Å². The Hall–Kier alpha value is -1.59. The number of hydrogen-bond donors (Lipinski definition) is 1. The number of carbonyl (C=O) groups is 1. The van der Waals surface area contributed by atoms with Gasteiger partial charge in [-0.05, 0) is 69.5 Å². The lowest BCUT2D eigenvalue weighted by atomic mass is 9.84. The molecular weight excluding hydrogens is 328 g/mol. The van der Waals surface area contributed by atoms with E-state index in [0.29, 0.717) is 0 Å². The smallest absolute Gasteiger partial charge is 0.256 e. The van der Waals surface area contributed by atoms with Crippen molar-refractivity contribution >= 4 is 11.6 Å². The number of hydrogen-bond acceptors (Lipinski definition) is 4. The maximum absolute atomic E-state index is 12.7. The first kappa shape index (κ1) is 19.2.